The normalized spacial score (nSPS) is 15.2. The summed E-state index contributed by atoms with van der Waals surface area (Å²) in [4.78, 5) is 13.7. The Morgan fingerprint density at radius 1 is 0.923 bits per heavy atom. The lowest BCUT2D eigenvalue weighted by atomic mass is 10.1. The fraction of sp³-hybridized carbons (Fsp3) is 0.350. The van der Waals surface area contributed by atoms with Crippen LogP contribution in [0.3, 0.4) is 0 Å². The molecular weight excluding hydrogens is 341 g/mol. The van der Waals surface area contributed by atoms with Crippen molar-refractivity contribution in [3.63, 3.8) is 0 Å². The molecule has 0 aliphatic carbocycles. The van der Waals surface area contributed by atoms with Gasteiger partial charge in [-0.15, -0.1) is 0 Å². The lowest BCUT2D eigenvalue weighted by molar-refractivity contribution is -0.901. The van der Waals surface area contributed by atoms with E-state index in [0.29, 0.717) is 6.54 Å². The van der Waals surface area contributed by atoms with Gasteiger partial charge in [0.15, 0.2) is 0 Å². The predicted octanol–water partition coefficient (Wildman–Crippen LogP) is 2.81. The average molecular weight is 363 g/mol. The summed E-state index contributed by atoms with van der Waals surface area (Å²) in [5, 5.41) is 2.74. The number of amides is 1. The number of nitrogens with one attached hydrogen (secondary N) is 2. The van der Waals surface area contributed by atoms with Crippen molar-refractivity contribution in [2.45, 2.75) is 32.1 Å². The summed E-state index contributed by atoms with van der Waals surface area (Å²) < 4.78 is 37.6. The van der Waals surface area contributed by atoms with E-state index in [0.717, 1.165) is 24.2 Å². The van der Waals surface area contributed by atoms with Gasteiger partial charge in [0, 0.05) is 30.5 Å². The van der Waals surface area contributed by atoms with E-state index in [1.807, 2.05) is 12.1 Å². The Balaban J connectivity index is 1.52. The maximum atomic E-state index is 12.5. The Morgan fingerprint density at radius 3 is 2.08 bits per heavy atom. The molecule has 1 aliphatic rings. The Morgan fingerprint density at radius 2 is 1.50 bits per heavy atom. The summed E-state index contributed by atoms with van der Waals surface area (Å²) in [6.45, 7) is 3.82. The number of quaternary nitrogens is 1. The topological polar surface area (TPSA) is 33.5 Å². The minimum absolute atomic E-state index is 0.215. The van der Waals surface area contributed by atoms with Crippen molar-refractivity contribution in [1.82, 2.24) is 5.32 Å². The molecule has 0 spiro atoms. The second kappa shape index (κ2) is 7.91. The predicted molar refractivity (Wildman–Crippen MR) is 92.7 cm³/mol. The smallest absolute Gasteiger partial charge is 0.348 e. The van der Waals surface area contributed by atoms with Crippen molar-refractivity contribution in [2.75, 3.05) is 13.1 Å². The van der Waals surface area contributed by atoms with Gasteiger partial charge in [-0.25, -0.2) is 0 Å². The van der Waals surface area contributed by atoms with Crippen LogP contribution in [0.5, 0.6) is 0 Å². The third kappa shape index (κ3) is 4.85. The van der Waals surface area contributed by atoms with Crippen molar-refractivity contribution < 1.29 is 22.9 Å². The molecule has 1 saturated heterocycles. The van der Waals surface area contributed by atoms with E-state index in [-0.39, 0.29) is 11.5 Å². The van der Waals surface area contributed by atoms with Crippen LogP contribution in [0.1, 0.15) is 39.9 Å². The number of carbonyl (C=O) groups excluding carboxylic acids is 1. The van der Waals surface area contributed by atoms with Crippen LogP contribution in [0, 0.1) is 0 Å². The van der Waals surface area contributed by atoms with E-state index in [4.69, 9.17) is 0 Å². The number of benzene rings is 2. The molecule has 2 aromatic carbocycles. The van der Waals surface area contributed by atoms with Crippen molar-refractivity contribution in [1.29, 1.82) is 0 Å². The van der Waals surface area contributed by atoms with Gasteiger partial charge in [-0.3, -0.25) is 4.79 Å². The van der Waals surface area contributed by atoms with E-state index in [1.54, 1.807) is 4.90 Å². The van der Waals surface area contributed by atoms with Crippen LogP contribution >= 0.6 is 0 Å². The van der Waals surface area contributed by atoms with Crippen LogP contribution in [-0.4, -0.2) is 19.0 Å². The van der Waals surface area contributed by atoms with Crippen LogP contribution in [0.15, 0.2) is 48.5 Å². The molecule has 1 amide bonds. The molecule has 138 valence electrons. The van der Waals surface area contributed by atoms with E-state index < -0.39 is 11.7 Å². The van der Waals surface area contributed by atoms with E-state index in [1.165, 1.54) is 43.6 Å². The molecule has 3 rings (SSSR count). The highest BCUT2D eigenvalue weighted by molar-refractivity contribution is 5.94. The second-order valence-corrected chi connectivity index (χ2v) is 6.71. The molecule has 1 heterocycles. The number of likely N-dealkylation sites (tertiary alicyclic amines) is 1. The maximum absolute atomic E-state index is 12.5. The van der Waals surface area contributed by atoms with Gasteiger partial charge < -0.3 is 10.2 Å². The molecule has 26 heavy (non-hydrogen) atoms. The summed E-state index contributed by atoms with van der Waals surface area (Å²) in [5.41, 5.74) is 1.70. The van der Waals surface area contributed by atoms with E-state index in [2.05, 4.69) is 17.4 Å². The van der Waals surface area contributed by atoms with Crippen molar-refractivity contribution in [3.8, 4) is 0 Å². The number of carbonyl (C=O) groups is 1. The first-order chi connectivity index (χ1) is 12.4. The molecule has 0 unspecified atom stereocenters. The lowest BCUT2D eigenvalue weighted by Gasteiger charge is -2.12. The highest BCUT2D eigenvalue weighted by atomic mass is 19.4. The van der Waals surface area contributed by atoms with Crippen molar-refractivity contribution >= 4 is 5.91 Å². The van der Waals surface area contributed by atoms with Gasteiger partial charge in [-0.1, -0.05) is 24.3 Å². The minimum atomic E-state index is -4.40. The molecule has 0 atom stereocenters. The summed E-state index contributed by atoms with van der Waals surface area (Å²) in [6, 6.07) is 12.3. The van der Waals surface area contributed by atoms with Gasteiger partial charge in [-0.2, -0.15) is 13.2 Å². The quantitative estimate of drug-likeness (QED) is 0.842. The van der Waals surface area contributed by atoms with Gasteiger partial charge in [-0.05, 0) is 29.8 Å². The van der Waals surface area contributed by atoms with Gasteiger partial charge in [0.05, 0.1) is 18.7 Å². The summed E-state index contributed by atoms with van der Waals surface area (Å²) in [6.07, 6.45) is -1.81. The third-order valence-electron chi connectivity index (χ3n) is 4.72. The Hall–Kier alpha value is -2.34. The monoisotopic (exact) mass is 363 g/mol. The number of halogens is 3. The van der Waals surface area contributed by atoms with Crippen molar-refractivity contribution in [2.24, 2.45) is 0 Å². The molecule has 3 nitrogen and oxygen atoms in total. The number of hydrogen-bond donors (Lipinski definition) is 2. The van der Waals surface area contributed by atoms with Crippen LogP contribution in [-0.2, 0) is 19.3 Å². The summed E-state index contributed by atoms with van der Waals surface area (Å²) in [5.74, 6) is -0.385. The molecule has 0 aromatic heterocycles. The van der Waals surface area contributed by atoms with Crippen LogP contribution in [0.25, 0.3) is 0 Å². The highest BCUT2D eigenvalue weighted by Crippen LogP contribution is 2.29. The fourth-order valence-electron chi connectivity index (χ4n) is 3.21. The summed E-state index contributed by atoms with van der Waals surface area (Å²) in [7, 11) is 0. The summed E-state index contributed by atoms with van der Waals surface area (Å²) >= 11 is 0. The minimum Gasteiger partial charge on any atom is -0.348 e. The van der Waals surface area contributed by atoms with Crippen molar-refractivity contribution in [3.05, 3.63) is 70.8 Å². The molecule has 2 N–H and O–H groups in total. The van der Waals surface area contributed by atoms with Gasteiger partial charge in [0.1, 0.15) is 6.54 Å². The third-order valence-corrected chi connectivity index (χ3v) is 4.72. The highest BCUT2D eigenvalue weighted by Gasteiger charge is 2.30. The molecule has 0 saturated carbocycles. The largest absolute Gasteiger partial charge is 0.416 e. The molecular formula is C20H22F3N2O+. The maximum Gasteiger partial charge on any atom is 0.416 e. The average Bonchev–Trinajstić information content (AvgIpc) is 3.13. The van der Waals surface area contributed by atoms with Crippen LogP contribution in [0.4, 0.5) is 13.2 Å². The zero-order chi connectivity index (χ0) is 18.6. The van der Waals surface area contributed by atoms with Crippen LogP contribution in [0.2, 0.25) is 0 Å². The number of hydrogen-bond acceptors (Lipinski definition) is 1. The molecule has 0 radical (unpaired) electrons. The molecule has 0 bridgehead atoms. The van der Waals surface area contributed by atoms with Gasteiger partial charge >= 0.3 is 6.18 Å². The molecule has 2 aromatic rings. The van der Waals surface area contributed by atoms with E-state index in [9.17, 15) is 18.0 Å². The lowest BCUT2D eigenvalue weighted by Crippen LogP contribution is -3.08. The second-order valence-electron chi connectivity index (χ2n) is 6.71. The zero-order valence-corrected chi connectivity index (χ0v) is 14.4. The molecule has 1 aliphatic heterocycles. The first-order valence-corrected chi connectivity index (χ1v) is 8.79. The van der Waals surface area contributed by atoms with Gasteiger partial charge in [0.25, 0.3) is 5.91 Å². The van der Waals surface area contributed by atoms with E-state index >= 15 is 0 Å². The number of rotatable bonds is 5. The fourth-order valence-corrected chi connectivity index (χ4v) is 3.21. The first-order valence-electron chi connectivity index (χ1n) is 8.79. The molecule has 6 heteroatoms. The SMILES string of the molecule is O=C(NCc1ccc(C[NH+]2CCCC2)cc1)c1ccc(C(F)(F)F)cc1. The number of alkyl halides is 3. The standard InChI is InChI=1S/C20H21F3N2O/c21-20(22,23)18-9-7-17(8-10-18)19(26)24-13-15-3-5-16(6-4-15)14-25-11-1-2-12-25/h3-10H,1-2,11-14H2,(H,24,26)/p+1. The Bertz CT molecular complexity index is 733. The zero-order valence-electron chi connectivity index (χ0n) is 14.4. The van der Waals surface area contributed by atoms with Crippen LogP contribution < -0.4 is 10.2 Å². The molecule has 1 fully saturated rings. The Labute approximate surface area is 150 Å². The Kier molecular flexibility index (Phi) is 5.61. The first kappa shape index (κ1) is 18.5. The van der Waals surface area contributed by atoms with Gasteiger partial charge in [0.2, 0.25) is 0 Å².